The van der Waals surface area contributed by atoms with Gasteiger partial charge in [0.25, 0.3) is 5.91 Å². The minimum Gasteiger partial charge on any atom is -0.380 e. The van der Waals surface area contributed by atoms with Crippen molar-refractivity contribution in [1.29, 1.82) is 0 Å². The van der Waals surface area contributed by atoms with Gasteiger partial charge in [-0.25, -0.2) is 0 Å². The zero-order chi connectivity index (χ0) is 19.6. The summed E-state index contributed by atoms with van der Waals surface area (Å²) < 4.78 is 2.05. The second kappa shape index (κ2) is 7.56. The van der Waals surface area contributed by atoms with Crippen LogP contribution in [0.3, 0.4) is 0 Å². The number of amides is 1. The third-order valence-electron chi connectivity index (χ3n) is 5.28. The van der Waals surface area contributed by atoms with E-state index in [4.69, 9.17) is 0 Å². The van der Waals surface area contributed by atoms with Gasteiger partial charge in [-0.05, 0) is 25.3 Å². The van der Waals surface area contributed by atoms with Gasteiger partial charge in [-0.1, -0.05) is 60.7 Å². The molecule has 0 bridgehead atoms. The standard InChI is InChI=1S/C22H24N4O2/c1-22(28,13-12-17-8-4-2-5-9-17)21(27)25-14-15-26-19(16-25)23-24-20(26)18-10-6-3-7-11-18/h2-11,28H,12-16H2,1H3. The average Bonchev–Trinajstić information content (AvgIpc) is 3.16. The van der Waals surface area contributed by atoms with Crippen LogP contribution in [0.1, 0.15) is 24.7 Å². The van der Waals surface area contributed by atoms with E-state index in [9.17, 15) is 9.90 Å². The van der Waals surface area contributed by atoms with E-state index in [0.29, 0.717) is 32.5 Å². The number of nitrogens with zero attached hydrogens (tertiary/aromatic N) is 4. The minimum atomic E-state index is -1.40. The number of hydrogen-bond donors (Lipinski definition) is 1. The van der Waals surface area contributed by atoms with Crippen LogP contribution in [-0.2, 0) is 24.3 Å². The van der Waals surface area contributed by atoms with Crippen LogP contribution in [0.4, 0.5) is 0 Å². The van der Waals surface area contributed by atoms with E-state index in [-0.39, 0.29) is 5.91 Å². The lowest BCUT2D eigenvalue weighted by atomic mass is 9.95. The minimum absolute atomic E-state index is 0.251. The fourth-order valence-corrected chi connectivity index (χ4v) is 3.61. The highest BCUT2D eigenvalue weighted by Crippen LogP contribution is 2.24. The Morgan fingerprint density at radius 2 is 1.71 bits per heavy atom. The molecule has 1 amide bonds. The molecule has 3 aromatic rings. The van der Waals surface area contributed by atoms with Crippen LogP contribution in [0, 0.1) is 0 Å². The largest absolute Gasteiger partial charge is 0.380 e. The molecule has 2 heterocycles. The molecule has 0 radical (unpaired) electrons. The monoisotopic (exact) mass is 376 g/mol. The van der Waals surface area contributed by atoms with Crippen molar-refractivity contribution < 1.29 is 9.90 Å². The van der Waals surface area contributed by atoms with Gasteiger partial charge in [-0.2, -0.15) is 0 Å². The quantitative estimate of drug-likeness (QED) is 0.743. The van der Waals surface area contributed by atoms with Crippen molar-refractivity contribution in [2.45, 2.75) is 38.5 Å². The molecular formula is C22H24N4O2. The molecule has 0 aliphatic carbocycles. The van der Waals surface area contributed by atoms with Gasteiger partial charge in [0.15, 0.2) is 11.6 Å². The summed E-state index contributed by atoms with van der Waals surface area (Å²) in [7, 11) is 0. The van der Waals surface area contributed by atoms with Crippen LogP contribution in [0.15, 0.2) is 60.7 Å². The molecule has 1 aliphatic rings. The Morgan fingerprint density at radius 3 is 2.43 bits per heavy atom. The molecule has 1 aliphatic heterocycles. The first kappa shape index (κ1) is 18.4. The fraction of sp³-hybridized carbons (Fsp3) is 0.318. The topological polar surface area (TPSA) is 71.2 Å². The first-order valence-corrected chi connectivity index (χ1v) is 9.58. The number of aryl methyl sites for hydroxylation is 1. The predicted molar refractivity (Wildman–Crippen MR) is 106 cm³/mol. The summed E-state index contributed by atoms with van der Waals surface area (Å²) in [6.07, 6.45) is 1.04. The highest BCUT2D eigenvalue weighted by molar-refractivity contribution is 5.84. The molecular weight excluding hydrogens is 352 g/mol. The summed E-state index contributed by atoms with van der Waals surface area (Å²) >= 11 is 0. The van der Waals surface area contributed by atoms with Gasteiger partial charge in [-0.15, -0.1) is 10.2 Å². The molecule has 1 aromatic heterocycles. The summed E-state index contributed by atoms with van der Waals surface area (Å²) in [5.41, 5.74) is 0.720. The van der Waals surface area contributed by atoms with Crippen LogP contribution in [0.5, 0.6) is 0 Å². The maximum atomic E-state index is 12.9. The molecule has 2 aromatic carbocycles. The molecule has 28 heavy (non-hydrogen) atoms. The van der Waals surface area contributed by atoms with Gasteiger partial charge in [0, 0.05) is 18.7 Å². The van der Waals surface area contributed by atoms with Crippen molar-refractivity contribution >= 4 is 5.91 Å². The van der Waals surface area contributed by atoms with E-state index < -0.39 is 5.60 Å². The number of benzene rings is 2. The van der Waals surface area contributed by atoms with Crippen molar-refractivity contribution in [3.05, 3.63) is 72.1 Å². The van der Waals surface area contributed by atoms with Gasteiger partial charge in [0.2, 0.25) is 0 Å². The molecule has 6 nitrogen and oxygen atoms in total. The van der Waals surface area contributed by atoms with E-state index in [1.54, 1.807) is 11.8 Å². The molecule has 1 N–H and O–H groups in total. The van der Waals surface area contributed by atoms with Crippen LogP contribution < -0.4 is 0 Å². The molecule has 0 spiro atoms. The highest BCUT2D eigenvalue weighted by Gasteiger charge is 2.36. The summed E-state index contributed by atoms with van der Waals surface area (Å²) in [4.78, 5) is 14.6. The van der Waals surface area contributed by atoms with E-state index in [0.717, 1.165) is 22.8 Å². The third-order valence-corrected chi connectivity index (χ3v) is 5.28. The zero-order valence-electron chi connectivity index (χ0n) is 16.0. The first-order valence-electron chi connectivity index (χ1n) is 9.58. The summed E-state index contributed by atoms with van der Waals surface area (Å²) in [6, 6.07) is 19.8. The van der Waals surface area contributed by atoms with Gasteiger partial charge in [0.05, 0.1) is 6.54 Å². The summed E-state index contributed by atoms with van der Waals surface area (Å²) in [6.45, 7) is 3.12. The van der Waals surface area contributed by atoms with Crippen LogP contribution >= 0.6 is 0 Å². The molecule has 0 fully saturated rings. The second-order valence-electron chi connectivity index (χ2n) is 7.44. The van der Waals surface area contributed by atoms with E-state index >= 15 is 0 Å². The number of fused-ring (bicyclic) bond motifs is 1. The van der Waals surface area contributed by atoms with Gasteiger partial charge in [0.1, 0.15) is 5.60 Å². The van der Waals surface area contributed by atoms with Crippen molar-refractivity contribution in [2.75, 3.05) is 6.54 Å². The van der Waals surface area contributed by atoms with Crippen LogP contribution in [-0.4, -0.2) is 42.8 Å². The van der Waals surface area contributed by atoms with E-state index in [1.807, 2.05) is 60.7 Å². The summed E-state index contributed by atoms with van der Waals surface area (Å²) in [5.74, 6) is 1.31. The molecule has 0 saturated heterocycles. The highest BCUT2D eigenvalue weighted by atomic mass is 16.3. The molecule has 4 rings (SSSR count). The Kier molecular flexibility index (Phi) is 4.96. The number of carbonyl (C=O) groups is 1. The Balaban J connectivity index is 1.45. The fourth-order valence-electron chi connectivity index (χ4n) is 3.61. The van der Waals surface area contributed by atoms with Crippen molar-refractivity contribution in [3.63, 3.8) is 0 Å². The van der Waals surface area contributed by atoms with E-state index in [1.165, 1.54) is 0 Å². The lowest BCUT2D eigenvalue weighted by Gasteiger charge is -2.33. The van der Waals surface area contributed by atoms with Gasteiger partial charge >= 0.3 is 0 Å². The Morgan fingerprint density at radius 1 is 1.04 bits per heavy atom. The first-order chi connectivity index (χ1) is 13.5. The lowest BCUT2D eigenvalue weighted by Crippen LogP contribution is -2.50. The SMILES string of the molecule is CC(O)(CCc1ccccc1)C(=O)N1CCn2c(nnc2-c2ccccc2)C1. The van der Waals surface area contributed by atoms with Crippen LogP contribution in [0.25, 0.3) is 11.4 Å². The van der Waals surface area contributed by atoms with Gasteiger partial charge in [-0.3, -0.25) is 4.79 Å². The van der Waals surface area contributed by atoms with Crippen molar-refractivity contribution in [2.24, 2.45) is 0 Å². The maximum Gasteiger partial charge on any atom is 0.254 e. The average molecular weight is 376 g/mol. The lowest BCUT2D eigenvalue weighted by molar-refractivity contribution is -0.151. The number of carbonyl (C=O) groups excluding carboxylic acids is 1. The van der Waals surface area contributed by atoms with Crippen molar-refractivity contribution in [3.8, 4) is 11.4 Å². The maximum absolute atomic E-state index is 12.9. The Labute approximate surface area is 164 Å². The number of rotatable bonds is 5. The molecule has 1 atom stereocenters. The number of aliphatic hydroxyl groups is 1. The van der Waals surface area contributed by atoms with Crippen LogP contribution in [0.2, 0.25) is 0 Å². The third kappa shape index (κ3) is 3.68. The second-order valence-corrected chi connectivity index (χ2v) is 7.44. The predicted octanol–water partition coefficient (Wildman–Crippen LogP) is 2.67. The van der Waals surface area contributed by atoms with E-state index in [2.05, 4.69) is 14.8 Å². The van der Waals surface area contributed by atoms with Crippen molar-refractivity contribution in [1.82, 2.24) is 19.7 Å². The van der Waals surface area contributed by atoms with Gasteiger partial charge < -0.3 is 14.6 Å². The molecule has 144 valence electrons. The number of hydrogen-bond acceptors (Lipinski definition) is 4. The molecule has 1 unspecified atom stereocenters. The molecule has 6 heteroatoms. The Hall–Kier alpha value is -2.99. The summed E-state index contributed by atoms with van der Waals surface area (Å²) in [5, 5.41) is 19.4. The number of aromatic nitrogens is 3. The normalized spacial score (nSPS) is 15.7. The smallest absolute Gasteiger partial charge is 0.254 e. The Bertz CT molecular complexity index is 951. The zero-order valence-corrected chi connectivity index (χ0v) is 16.0. The molecule has 0 saturated carbocycles.